The van der Waals surface area contributed by atoms with Crippen LogP contribution in [0, 0.1) is 10.1 Å². The third-order valence-electron chi connectivity index (χ3n) is 4.78. The third-order valence-corrected chi connectivity index (χ3v) is 6.03. The number of nitrogens with one attached hydrogen (secondary N) is 1. The van der Waals surface area contributed by atoms with Crippen molar-refractivity contribution < 1.29 is 31.8 Å². The van der Waals surface area contributed by atoms with Gasteiger partial charge >= 0.3 is 16.3 Å². The number of allylic oxidation sites excluding steroid dienone is 2. The average Bonchev–Trinajstić information content (AvgIpc) is 2.76. The summed E-state index contributed by atoms with van der Waals surface area (Å²) in [6.45, 7) is 4.70. The van der Waals surface area contributed by atoms with Gasteiger partial charge in [0.15, 0.2) is 0 Å². The van der Waals surface area contributed by atoms with Crippen LogP contribution in [-0.4, -0.2) is 26.1 Å². The number of carbonyl (C=O) groups excluding carboxylic acids is 1. The van der Waals surface area contributed by atoms with Crippen LogP contribution in [0.2, 0.25) is 0 Å². The molecular formula is C22H22N2O8S. The molecule has 0 saturated heterocycles. The summed E-state index contributed by atoms with van der Waals surface area (Å²) in [5, 5.41) is 14.8. The summed E-state index contributed by atoms with van der Waals surface area (Å²) < 4.78 is 41.2. The highest BCUT2D eigenvalue weighted by Gasteiger charge is 2.41. The maximum Gasteiger partial charge on any atom is 0.513 e. The number of carbonyl (C=O) groups is 1. The fourth-order valence-electron chi connectivity index (χ4n) is 3.42. The van der Waals surface area contributed by atoms with Gasteiger partial charge in [0.05, 0.1) is 22.9 Å². The monoisotopic (exact) mass is 474 g/mol. The van der Waals surface area contributed by atoms with Crippen molar-refractivity contribution in [3.8, 4) is 5.75 Å². The Morgan fingerprint density at radius 2 is 1.70 bits per heavy atom. The summed E-state index contributed by atoms with van der Waals surface area (Å²) in [7, 11) is -4.24. The molecule has 1 heterocycles. The van der Waals surface area contributed by atoms with E-state index in [2.05, 4.69) is 5.32 Å². The number of para-hydroxylation sites is 1. The number of dihydropyridines is 1. The molecule has 2 aromatic rings. The minimum absolute atomic E-state index is 0.0369. The van der Waals surface area contributed by atoms with Crippen molar-refractivity contribution in [3.63, 3.8) is 0 Å². The molecule has 3 rings (SSSR count). The first-order valence-electron chi connectivity index (χ1n) is 9.91. The highest BCUT2D eigenvalue weighted by Crippen LogP contribution is 2.43. The van der Waals surface area contributed by atoms with Crippen molar-refractivity contribution >= 4 is 16.3 Å². The lowest BCUT2D eigenvalue weighted by molar-refractivity contribution is -0.431. The highest BCUT2D eigenvalue weighted by atomic mass is 32.2. The van der Waals surface area contributed by atoms with Crippen LogP contribution >= 0.6 is 0 Å². The van der Waals surface area contributed by atoms with Gasteiger partial charge in [0.1, 0.15) is 22.3 Å². The molecule has 174 valence electrons. The van der Waals surface area contributed by atoms with E-state index >= 15 is 0 Å². The van der Waals surface area contributed by atoms with Gasteiger partial charge in [0.2, 0.25) is 0 Å². The third kappa shape index (κ3) is 5.14. The van der Waals surface area contributed by atoms with Crippen LogP contribution in [0.25, 0.3) is 0 Å². The molecule has 0 aromatic heterocycles. The van der Waals surface area contributed by atoms with E-state index < -0.39 is 27.1 Å². The number of hydrogen-bond donors (Lipinski definition) is 1. The molecule has 33 heavy (non-hydrogen) atoms. The second kappa shape index (κ2) is 9.74. The minimum Gasteiger partial charge on any atom is -0.434 e. The first-order valence-corrected chi connectivity index (χ1v) is 11.3. The molecule has 1 aliphatic heterocycles. The fourth-order valence-corrected chi connectivity index (χ4v) is 4.39. The largest absolute Gasteiger partial charge is 0.513 e. The van der Waals surface area contributed by atoms with Gasteiger partial charge < -0.3 is 19.0 Å². The Labute approximate surface area is 190 Å². The number of nitro groups is 1. The molecular weight excluding hydrogens is 452 g/mol. The molecule has 0 aliphatic carbocycles. The van der Waals surface area contributed by atoms with Gasteiger partial charge in [0.25, 0.3) is 5.70 Å². The van der Waals surface area contributed by atoms with Crippen molar-refractivity contribution in [2.24, 2.45) is 0 Å². The predicted octanol–water partition coefficient (Wildman–Crippen LogP) is 4.05. The summed E-state index contributed by atoms with van der Waals surface area (Å²) >= 11 is 0. The zero-order chi connectivity index (χ0) is 24.2. The van der Waals surface area contributed by atoms with Crippen molar-refractivity contribution in [1.29, 1.82) is 0 Å². The van der Waals surface area contributed by atoms with Gasteiger partial charge in [-0.2, -0.15) is 8.42 Å². The van der Waals surface area contributed by atoms with E-state index in [0.29, 0.717) is 5.70 Å². The molecule has 2 aromatic carbocycles. The van der Waals surface area contributed by atoms with Gasteiger partial charge in [-0.15, -0.1) is 0 Å². The Hall–Kier alpha value is -3.86. The minimum atomic E-state index is -4.24. The van der Waals surface area contributed by atoms with Crippen molar-refractivity contribution in [1.82, 2.24) is 5.32 Å². The van der Waals surface area contributed by atoms with E-state index in [1.807, 2.05) is 0 Å². The molecule has 0 radical (unpaired) electrons. The van der Waals surface area contributed by atoms with Gasteiger partial charge in [-0.25, -0.2) is 4.79 Å². The van der Waals surface area contributed by atoms with Crippen LogP contribution in [0.1, 0.15) is 32.3 Å². The Morgan fingerprint density at radius 1 is 1.06 bits per heavy atom. The van der Waals surface area contributed by atoms with E-state index in [-0.39, 0.29) is 40.0 Å². The summed E-state index contributed by atoms with van der Waals surface area (Å²) in [5.41, 5.74) is 0.340. The van der Waals surface area contributed by atoms with Crippen molar-refractivity contribution in [3.05, 3.63) is 93.1 Å². The quantitative estimate of drug-likeness (QED) is 0.273. The molecule has 0 bridgehead atoms. The molecule has 0 fully saturated rings. The Bertz CT molecular complexity index is 1240. The van der Waals surface area contributed by atoms with Crippen LogP contribution in [0.15, 0.2) is 82.3 Å². The topological polar surface area (TPSA) is 134 Å². The average molecular weight is 474 g/mol. The molecule has 10 nitrogen and oxygen atoms in total. The van der Waals surface area contributed by atoms with E-state index in [1.54, 1.807) is 38.1 Å². The molecule has 0 saturated carbocycles. The lowest BCUT2D eigenvalue weighted by Gasteiger charge is -2.27. The first kappa shape index (κ1) is 23.8. The normalized spacial score (nSPS) is 16.2. The highest BCUT2D eigenvalue weighted by molar-refractivity contribution is 7.87. The number of benzene rings is 2. The molecule has 1 aliphatic rings. The molecule has 1 N–H and O–H groups in total. The lowest BCUT2D eigenvalue weighted by Crippen LogP contribution is -2.30. The smallest absolute Gasteiger partial charge is 0.434 e. The van der Waals surface area contributed by atoms with E-state index in [4.69, 9.17) is 13.7 Å². The van der Waals surface area contributed by atoms with Gasteiger partial charge in [-0.3, -0.25) is 10.1 Å². The SMILES string of the molecule is CCOC(=O)OC1=C(C)NC(C)=C([N+](=O)[O-])C1c1ccccc1OS(=O)(=O)c1ccccc1. The zero-order valence-electron chi connectivity index (χ0n) is 18.1. The summed E-state index contributed by atoms with van der Waals surface area (Å²) in [4.78, 5) is 23.4. The summed E-state index contributed by atoms with van der Waals surface area (Å²) in [5.74, 6) is -1.48. The van der Waals surface area contributed by atoms with Crippen LogP contribution in [0.3, 0.4) is 0 Å². The first-order chi connectivity index (χ1) is 15.7. The van der Waals surface area contributed by atoms with Crippen LogP contribution in [0.5, 0.6) is 5.75 Å². The molecule has 11 heteroatoms. The number of nitrogens with zero attached hydrogens (tertiary/aromatic N) is 1. The number of rotatable bonds is 7. The predicted molar refractivity (Wildman–Crippen MR) is 117 cm³/mol. The second-order valence-corrected chi connectivity index (χ2v) is 8.53. The number of ether oxygens (including phenoxy) is 2. The van der Waals surface area contributed by atoms with Gasteiger partial charge in [0, 0.05) is 5.56 Å². The zero-order valence-corrected chi connectivity index (χ0v) is 18.9. The van der Waals surface area contributed by atoms with Crippen LogP contribution in [-0.2, 0) is 19.6 Å². The molecule has 0 amide bonds. The van der Waals surface area contributed by atoms with Gasteiger partial charge in [-0.1, -0.05) is 36.4 Å². The van der Waals surface area contributed by atoms with Crippen molar-refractivity contribution in [2.75, 3.05) is 6.61 Å². The van der Waals surface area contributed by atoms with E-state index in [0.717, 1.165) is 0 Å². The maximum absolute atomic E-state index is 12.8. The van der Waals surface area contributed by atoms with Crippen LogP contribution < -0.4 is 9.50 Å². The Morgan fingerprint density at radius 3 is 2.33 bits per heavy atom. The fraction of sp³-hybridized carbons (Fsp3) is 0.227. The van der Waals surface area contributed by atoms with E-state index in [9.17, 15) is 23.3 Å². The van der Waals surface area contributed by atoms with Crippen molar-refractivity contribution in [2.45, 2.75) is 31.6 Å². The second-order valence-electron chi connectivity index (χ2n) is 6.99. The molecule has 1 unspecified atom stereocenters. The summed E-state index contributed by atoms with van der Waals surface area (Å²) in [6, 6.07) is 13.4. The molecule has 0 spiro atoms. The van der Waals surface area contributed by atoms with E-state index in [1.165, 1.54) is 37.3 Å². The molecule has 1 atom stereocenters. The maximum atomic E-state index is 12.8. The summed E-state index contributed by atoms with van der Waals surface area (Å²) in [6.07, 6.45) is -1.05. The number of hydrogen-bond acceptors (Lipinski definition) is 9. The Kier molecular flexibility index (Phi) is 7.02. The lowest BCUT2D eigenvalue weighted by atomic mass is 9.89. The standard InChI is InChI=1S/C22H22N2O8S/c1-4-30-22(25)31-21-15(3)23-14(2)20(24(26)27)19(21)17-12-8-9-13-18(17)32-33(28,29)16-10-6-5-7-11-16/h5-13,19,23H,4H2,1-3H3. The Balaban J connectivity index is 2.14. The van der Waals surface area contributed by atoms with Crippen LogP contribution in [0.4, 0.5) is 4.79 Å². The van der Waals surface area contributed by atoms with Gasteiger partial charge in [-0.05, 0) is 39.0 Å².